The zero-order valence-electron chi connectivity index (χ0n) is 11.3. The third-order valence-electron chi connectivity index (χ3n) is 2.85. The lowest BCUT2D eigenvalue weighted by Crippen LogP contribution is -2.11. The summed E-state index contributed by atoms with van der Waals surface area (Å²) in [5, 5.41) is 6.81. The molecule has 0 saturated carbocycles. The highest BCUT2D eigenvalue weighted by Crippen LogP contribution is 2.29. The molecule has 110 valence electrons. The highest BCUT2D eigenvalue weighted by Gasteiger charge is 2.09. The third kappa shape index (κ3) is 3.27. The number of para-hydroxylation sites is 1. The van der Waals surface area contributed by atoms with Crippen LogP contribution in [0.3, 0.4) is 0 Å². The van der Waals surface area contributed by atoms with E-state index in [9.17, 15) is 4.79 Å². The van der Waals surface area contributed by atoms with Crippen molar-refractivity contribution >= 4 is 23.2 Å². The molecule has 0 radical (unpaired) electrons. The Kier molecular flexibility index (Phi) is 4.07. The molecule has 0 aliphatic heterocycles. The molecule has 0 aliphatic rings. The predicted octanol–water partition coefficient (Wildman–Crippen LogP) is 4.37. The number of hydrogen-bond acceptors (Lipinski definition) is 4. The third-order valence-corrected chi connectivity index (χ3v) is 3.16. The van der Waals surface area contributed by atoms with Crippen LogP contribution in [-0.2, 0) is 0 Å². The number of ether oxygens (including phenoxy) is 1. The first-order chi connectivity index (χ1) is 10.7. The van der Waals surface area contributed by atoms with Gasteiger partial charge in [-0.15, -0.1) is 0 Å². The van der Waals surface area contributed by atoms with Gasteiger partial charge in [0.25, 0.3) is 5.91 Å². The standard InChI is InChI=1S/C16H11ClN2O3/c17-13-3-1-2-4-15(13)22-12-7-5-11(6-8-12)18-16(20)14-9-10-21-19-14/h1-10H,(H,18,20). The lowest BCUT2D eigenvalue weighted by molar-refractivity contribution is 0.101. The van der Waals surface area contributed by atoms with Gasteiger partial charge in [0.2, 0.25) is 0 Å². The molecule has 0 unspecified atom stereocenters. The van der Waals surface area contributed by atoms with Gasteiger partial charge in [-0.2, -0.15) is 0 Å². The number of anilines is 1. The highest BCUT2D eigenvalue weighted by atomic mass is 35.5. The van der Waals surface area contributed by atoms with E-state index in [4.69, 9.17) is 16.3 Å². The first kappa shape index (κ1) is 14.2. The number of nitrogens with one attached hydrogen (secondary N) is 1. The molecule has 0 saturated heterocycles. The zero-order chi connectivity index (χ0) is 15.4. The van der Waals surface area contributed by atoms with Crippen LogP contribution >= 0.6 is 11.6 Å². The summed E-state index contributed by atoms with van der Waals surface area (Å²) in [6, 6.07) is 15.6. The molecule has 0 spiro atoms. The van der Waals surface area contributed by atoms with Gasteiger partial charge in [0.15, 0.2) is 5.69 Å². The Hall–Kier alpha value is -2.79. The van der Waals surface area contributed by atoms with E-state index in [1.807, 2.05) is 12.1 Å². The van der Waals surface area contributed by atoms with Crippen molar-refractivity contribution in [2.75, 3.05) is 5.32 Å². The van der Waals surface area contributed by atoms with E-state index in [1.165, 1.54) is 12.3 Å². The molecule has 0 aliphatic carbocycles. The fourth-order valence-electron chi connectivity index (χ4n) is 1.79. The number of carbonyl (C=O) groups excluding carboxylic acids is 1. The van der Waals surface area contributed by atoms with Crippen molar-refractivity contribution in [1.29, 1.82) is 0 Å². The number of hydrogen-bond donors (Lipinski definition) is 1. The maximum absolute atomic E-state index is 11.8. The Bertz CT molecular complexity index is 770. The quantitative estimate of drug-likeness (QED) is 0.776. The molecule has 0 atom stereocenters. The van der Waals surface area contributed by atoms with Crippen molar-refractivity contribution in [3.05, 3.63) is 71.6 Å². The van der Waals surface area contributed by atoms with Gasteiger partial charge in [0.05, 0.1) is 5.02 Å². The van der Waals surface area contributed by atoms with Crippen LogP contribution in [0.4, 0.5) is 5.69 Å². The van der Waals surface area contributed by atoms with E-state index < -0.39 is 0 Å². The van der Waals surface area contributed by atoms with Crippen LogP contribution in [0.5, 0.6) is 11.5 Å². The summed E-state index contributed by atoms with van der Waals surface area (Å²) in [4.78, 5) is 11.8. The molecule has 0 bridgehead atoms. The average molecular weight is 315 g/mol. The monoisotopic (exact) mass is 314 g/mol. The van der Waals surface area contributed by atoms with Crippen LogP contribution in [0.2, 0.25) is 5.02 Å². The summed E-state index contributed by atoms with van der Waals surface area (Å²) in [7, 11) is 0. The number of benzene rings is 2. The molecular weight excluding hydrogens is 304 g/mol. The van der Waals surface area contributed by atoms with E-state index in [-0.39, 0.29) is 11.6 Å². The van der Waals surface area contributed by atoms with Gasteiger partial charge in [0.1, 0.15) is 17.8 Å². The molecule has 1 N–H and O–H groups in total. The minimum Gasteiger partial charge on any atom is -0.456 e. The van der Waals surface area contributed by atoms with E-state index >= 15 is 0 Å². The van der Waals surface area contributed by atoms with Gasteiger partial charge >= 0.3 is 0 Å². The fourth-order valence-corrected chi connectivity index (χ4v) is 1.96. The first-order valence-electron chi connectivity index (χ1n) is 6.46. The van der Waals surface area contributed by atoms with Gasteiger partial charge in [-0.1, -0.05) is 28.9 Å². The first-order valence-corrected chi connectivity index (χ1v) is 6.84. The lowest BCUT2D eigenvalue weighted by atomic mass is 10.3. The molecule has 1 aromatic heterocycles. The number of rotatable bonds is 4. The normalized spacial score (nSPS) is 10.2. The Morgan fingerprint density at radius 1 is 1.09 bits per heavy atom. The second-order valence-corrected chi connectivity index (χ2v) is 4.80. The van der Waals surface area contributed by atoms with Crippen molar-refractivity contribution in [3.63, 3.8) is 0 Å². The van der Waals surface area contributed by atoms with Gasteiger partial charge in [-0.3, -0.25) is 4.79 Å². The summed E-state index contributed by atoms with van der Waals surface area (Å²) in [5.74, 6) is 0.851. The highest BCUT2D eigenvalue weighted by molar-refractivity contribution is 6.32. The molecule has 2 aromatic carbocycles. The van der Waals surface area contributed by atoms with Crippen LogP contribution in [0.1, 0.15) is 10.5 Å². The summed E-state index contributed by atoms with van der Waals surface area (Å²) in [6.45, 7) is 0. The predicted molar refractivity (Wildman–Crippen MR) is 82.4 cm³/mol. The topological polar surface area (TPSA) is 64.4 Å². The van der Waals surface area contributed by atoms with Crippen LogP contribution in [0.15, 0.2) is 65.4 Å². The van der Waals surface area contributed by atoms with Crippen molar-refractivity contribution in [2.24, 2.45) is 0 Å². The van der Waals surface area contributed by atoms with Crippen molar-refractivity contribution in [3.8, 4) is 11.5 Å². The summed E-state index contributed by atoms with van der Waals surface area (Å²) >= 11 is 6.03. The van der Waals surface area contributed by atoms with E-state index in [0.29, 0.717) is 22.2 Å². The number of aromatic nitrogens is 1. The van der Waals surface area contributed by atoms with Gasteiger partial charge in [0, 0.05) is 11.8 Å². The van der Waals surface area contributed by atoms with E-state index in [2.05, 4.69) is 15.0 Å². The Morgan fingerprint density at radius 2 is 1.86 bits per heavy atom. The zero-order valence-corrected chi connectivity index (χ0v) is 12.1. The molecule has 6 heteroatoms. The number of halogens is 1. The van der Waals surface area contributed by atoms with Gasteiger partial charge in [-0.05, 0) is 36.4 Å². The van der Waals surface area contributed by atoms with E-state index in [0.717, 1.165) is 0 Å². The molecule has 1 heterocycles. The maximum atomic E-state index is 11.8. The number of carbonyl (C=O) groups is 1. The fraction of sp³-hybridized carbons (Fsp3) is 0. The van der Waals surface area contributed by atoms with E-state index in [1.54, 1.807) is 36.4 Å². The summed E-state index contributed by atoms with van der Waals surface area (Å²) in [6.07, 6.45) is 1.34. The molecule has 5 nitrogen and oxygen atoms in total. The Labute approximate surface area is 131 Å². The molecule has 0 fully saturated rings. The Morgan fingerprint density at radius 3 is 2.55 bits per heavy atom. The Balaban J connectivity index is 1.68. The lowest BCUT2D eigenvalue weighted by Gasteiger charge is -2.08. The van der Waals surface area contributed by atoms with Crippen LogP contribution in [0.25, 0.3) is 0 Å². The maximum Gasteiger partial charge on any atom is 0.277 e. The minimum absolute atomic E-state index is 0.219. The van der Waals surface area contributed by atoms with Crippen LogP contribution in [-0.4, -0.2) is 11.1 Å². The molecule has 3 aromatic rings. The average Bonchev–Trinajstić information content (AvgIpc) is 3.06. The minimum atomic E-state index is -0.339. The number of amides is 1. The molecular formula is C16H11ClN2O3. The van der Waals surface area contributed by atoms with Gasteiger partial charge in [-0.25, -0.2) is 0 Å². The second-order valence-electron chi connectivity index (χ2n) is 4.40. The van der Waals surface area contributed by atoms with Crippen molar-refractivity contribution < 1.29 is 14.1 Å². The van der Waals surface area contributed by atoms with Crippen molar-refractivity contribution in [2.45, 2.75) is 0 Å². The summed E-state index contributed by atoms with van der Waals surface area (Å²) in [5.41, 5.74) is 0.843. The van der Waals surface area contributed by atoms with Crippen LogP contribution < -0.4 is 10.1 Å². The second kappa shape index (κ2) is 6.32. The summed E-state index contributed by atoms with van der Waals surface area (Å²) < 4.78 is 10.3. The molecule has 22 heavy (non-hydrogen) atoms. The number of nitrogens with zero attached hydrogens (tertiary/aromatic N) is 1. The molecule has 1 amide bonds. The van der Waals surface area contributed by atoms with Crippen molar-refractivity contribution in [1.82, 2.24) is 5.16 Å². The molecule has 3 rings (SSSR count). The smallest absolute Gasteiger partial charge is 0.277 e. The van der Waals surface area contributed by atoms with Crippen LogP contribution in [0, 0.1) is 0 Å². The van der Waals surface area contributed by atoms with Gasteiger partial charge < -0.3 is 14.6 Å². The SMILES string of the molecule is O=C(Nc1ccc(Oc2ccccc2Cl)cc1)c1ccon1. The largest absolute Gasteiger partial charge is 0.456 e.